The first-order chi connectivity index (χ1) is 15.9. The molecular weight excluding hydrogens is 424 g/mol. The number of carbonyl (C=O) groups is 1. The third kappa shape index (κ3) is 5.37. The van der Waals surface area contributed by atoms with Gasteiger partial charge in [0.2, 0.25) is 0 Å². The van der Waals surface area contributed by atoms with Crippen LogP contribution in [0.2, 0.25) is 0 Å². The van der Waals surface area contributed by atoms with Gasteiger partial charge in [-0.2, -0.15) is 0 Å². The molecule has 3 aromatic rings. The molecule has 0 spiro atoms. The number of likely N-dealkylation sites (N-methyl/N-ethyl adjacent to an activating group) is 1. The van der Waals surface area contributed by atoms with Crippen LogP contribution >= 0.6 is 0 Å². The molecule has 9 nitrogen and oxygen atoms in total. The third-order valence-corrected chi connectivity index (χ3v) is 6.12. The standard InChI is InChI=1S/C24H30N4O5/c1-25-11-13-26(14-12-25)9-4-10-27(23(29)30)19-6-3-5-18(15-19)17-28-21-16-20(32-2)7-8-22(21)33-24(28)31/h3,5-8,15-16H,4,9-14,17H2,1-2H3,(H,29,30). The number of oxazole rings is 1. The Balaban J connectivity index is 1.48. The van der Waals surface area contributed by atoms with Crippen LogP contribution in [0.5, 0.6) is 5.75 Å². The van der Waals surface area contributed by atoms with Crippen LogP contribution in [0.25, 0.3) is 11.1 Å². The summed E-state index contributed by atoms with van der Waals surface area (Å²) in [6, 6.07) is 12.5. The maximum absolute atomic E-state index is 12.4. The van der Waals surface area contributed by atoms with Crippen molar-refractivity contribution >= 4 is 22.9 Å². The quantitative estimate of drug-likeness (QED) is 0.560. The smallest absolute Gasteiger partial charge is 0.420 e. The molecule has 1 aromatic heterocycles. The molecule has 2 aromatic carbocycles. The van der Waals surface area contributed by atoms with E-state index < -0.39 is 11.8 Å². The summed E-state index contributed by atoms with van der Waals surface area (Å²) < 4.78 is 12.1. The summed E-state index contributed by atoms with van der Waals surface area (Å²) in [6.07, 6.45) is -0.229. The number of nitrogens with zero attached hydrogens (tertiary/aromatic N) is 4. The summed E-state index contributed by atoms with van der Waals surface area (Å²) in [5.74, 6) is 0.161. The van der Waals surface area contributed by atoms with E-state index in [1.807, 2.05) is 18.2 Å². The molecule has 0 radical (unpaired) electrons. The van der Waals surface area contributed by atoms with Crippen molar-refractivity contribution in [1.29, 1.82) is 0 Å². The number of rotatable bonds is 8. The number of benzene rings is 2. The van der Waals surface area contributed by atoms with Crippen LogP contribution in [0, 0.1) is 0 Å². The highest BCUT2D eigenvalue weighted by Crippen LogP contribution is 2.22. The second kappa shape index (κ2) is 10.1. The molecule has 4 rings (SSSR count). The zero-order valence-corrected chi connectivity index (χ0v) is 19.1. The normalized spacial score (nSPS) is 15.1. The predicted octanol–water partition coefficient (Wildman–Crippen LogP) is 2.77. The number of amides is 1. The molecule has 33 heavy (non-hydrogen) atoms. The Morgan fingerprint density at radius 3 is 2.67 bits per heavy atom. The summed E-state index contributed by atoms with van der Waals surface area (Å²) >= 11 is 0. The highest BCUT2D eigenvalue weighted by atomic mass is 16.5. The molecule has 0 atom stereocenters. The zero-order valence-electron chi connectivity index (χ0n) is 19.1. The van der Waals surface area contributed by atoms with Crippen LogP contribution < -0.4 is 15.4 Å². The molecule has 0 bridgehead atoms. The maximum atomic E-state index is 12.4. The van der Waals surface area contributed by atoms with Crippen LogP contribution in [0.4, 0.5) is 10.5 Å². The van der Waals surface area contributed by atoms with Crippen molar-refractivity contribution in [2.45, 2.75) is 13.0 Å². The lowest BCUT2D eigenvalue weighted by atomic mass is 10.1. The summed E-state index contributed by atoms with van der Waals surface area (Å²) in [6.45, 7) is 5.65. The number of hydrogen-bond acceptors (Lipinski definition) is 6. The number of ether oxygens (including phenoxy) is 1. The fraction of sp³-hybridized carbons (Fsp3) is 0.417. The van der Waals surface area contributed by atoms with Crippen molar-refractivity contribution in [2.24, 2.45) is 0 Å². The average Bonchev–Trinajstić information content (AvgIpc) is 3.12. The third-order valence-electron chi connectivity index (χ3n) is 6.12. The van der Waals surface area contributed by atoms with Gasteiger partial charge in [-0.15, -0.1) is 0 Å². The van der Waals surface area contributed by atoms with Gasteiger partial charge in [-0.25, -0.2) is 9.59 Å². The number of carboxylic acid groups (broad SMARTS) is 1. The van der Waals surface area contributed by atoms with Crippen LogP contribution in [-0.4, -0.2) is 79.0 Å². The topological polar surface area (TPSA) is 91.4 Å². The largest absolute Gasteiger partial charge is 0.497 e. The van der Waals surface area contributed by atoms with Crippen molar-refractivity contribution in [3.63, 3.8) is 0 Å². The number of piperazine rings is 1. The van der Waals surface area contributed by atoms with Gasteiger partial charge in [-0.1, -0.05) is 12.1 Å². The van der Waals surface area contributed by atoms with Gasteiger partial charge < -0.3 is 24.1 Å². The van der Waals surface area contributed by atoms with Gasteiger partial charge in [0.15, 0.2) is 5.58 Å². The van der Waals surface area contributed by atoms with Gasteiger partial charge >= 0.3 is 11.8 Å². The van der Waals surface area contributed by atoms with E-state index in [-0.39, 0.29) is 6.54 Å². The second-order valence-corrected chi connectivity index (χ2v) is 8.39. The van der Waals surface area contributed by atoms with Gasteiger partial charge in [0.1, 0.15) is 5.75 Å². The predicted molar refractivity (Wildman–Crippen MR) is 126 cm³/mol. The van der Waals surface area contributed by atoms with E-state index in [2.05, 4.69) is 16.8 Å². The molecule has 1 aliphatic rings. The van der Waals surface area contributed by atoms with E-state index in [0.29, 0.717) is 29.1 Å². The molecule has 0 aliphatic carbocycles. The van der Waals surface area contributed by atoms with E-state index >= 15 is 0 Å². The molecule has 1 aliphatic heterocycles. The number of hydrogen-bond donors (Lipinski definition) is 1. The van der Waals surface area contributed by atoms with Crippen molar-refractivity contribution < 1.29 is 19.1 Å². The Morgan fingerprint density at radius 1 is 1.15 bits per heavy atom. The first kappa shape index (κ1) is 22.9. The highest BCUT2D eigenvalue weighted by molar-refractivity contribution is 5.86. The molecule has 9 heteroatoms. The van der Waals surface area contributed by atoms with Crippen LogP contribution in [-0.2, 0) is 6.54 Å². The van der Waals surface area contributed by atoms with Crippen molar-refractivity contribution in [3.05, 3.63) is 58.6 Å². The van der Waals surface area contributed by atoms with Crippen LogP contribution in [0.15, 0.2) is 51.7 Å². The summed E-state index contributed by atoms with van der Waals surface area (Å²) in [5, 5.41) is 9.81. The Kier molecular flexibility index (Phi) is 7.00. The average molecular weight is 455 g/mol. The minimum Gasteiger partial charge on any atom is -0.497 e. The van der Waals surface area contributed by atoms with E-state index in [1.165, 1.54) is 9.47 Å². The molecule has 0 unspecified atom stereocenters. The van der Waals surface area contributed by atoms with E-state index in [9.17, 15) is 14.7 Å². The van der Waals surface area contributed by atoms with E-state index in [0.717, 1.165) is 44.7 Å². The minimum absolute atomic E-state index is 0.265. The second-order valence-electron chi connectivity index (χ2n) is 8.39. The molecule has 1 saturated heterocycles. The lowest BCUT2D eigenvalue weighted by molar-refractivity contribution is 0.153. The van der Waals surface area contributed by atoms with Crippen LogP contribution in [0.1, 0.15) is 12.0 Å². The number of fused-ring (bicyclic) bond motifs is 1. The molecule has 176 valence electrons. The zero-order chi connectivity index (χ0) is 23.4. The first-order valence-electron chi connectivity index (χ1n) is 11.1. The van der Waals surface area contributed by atoms with Gasteiger partial charge in [0.25, 0.3) is 0 Å². The highest BCUT2D eigenvalue weighted by Gasteiger charge is 2.18. The fourth-order valence-electron chi connectivity index (χ4n) is 4.18. The van der Waals surface area contributed by atoms with Crippen molar-refractivity contribution in [2.75, 3.05) is 58.3 Å². The van der Waals surface area contributed by atoms with E-state index in [4.69, 9.17) is 9.15 Å². The van der Waals surface area contributed by atoms with Crippen molar-refractivity contribution in [1.82, 2.24) is 14.4 Å². The van der Waals surface area contributed by atoms with Crippen molar-refractivity contribution in [3.8, 4) is 5.75 Å². The number of methoxy groups -OCH3 is 1. The maximum Gasteiger partial charge on any atom is 0.420 e. The Labute approximate surface area is 192 Å². The SMILES string of the molecule is COc1ccc2oc(=O)n(Cc3cccc(N(CCCN4CCN(C)CC4)C(=O)O)c3)c2c1. The number of aromatic nitrogens is 1. The van der Waals surface area contributed by atoms with Gasteiger partial charge in [-0.3, -0.25) is 9.47 Å². The summed E-state index contributed by atoms with van der Waals surface area (Å²) in [4.78, 5) is 30.5. The number of anilines is 1. The van der Waals surface area contributed by atoms with Gasteiger partial charge in [0.05, 0.1) is 19.2 Å². The molecular formula is C24H30N4O5. The van der Waals surface area contributed by atoms with Crippen LogP contribution in [0.3, 0.4) is 0 Å². The molecule has 1 N–H and O–H groups in total. The first-order valence-corrected chi connectivity index (χ1v) is 11.1. The monoisotopic (exact) mass is 454 g/mol. The Morgan fingerprint density at radius 2 is 1.94 bits per heavy atom. The lowest BCUT2D eigenvalue weighted by Gasteiger charge is -2.32. The Hall–Kier alpha value is -3.30. The summed E-state index contributed by atoms with van der Waals surface area (Å²) in [5.41, 5.74) is 2.52. The van der Waals surface area contributed by atoms with Gasteiger partial charge in [0, 0.05) is 44.5 Å². The Bertz CT molecular complexity index is 1160. The fourth-order valence-corrected chi connectivity index (χ4v) is 4.18. The van der Waals surface area contributed by atoms with Gasteiger partial charge in [-0.05, 0) is 49.8 Å². The molecule has 1 fully saturated rings. The minimum atomic E-state index is -0.985. The molecule has 2 heterocycles. The van der Waals surface area contributed by atoms with E-state index in [1.54, 1.807) is 31.4 Å². The molecule has 1 amide bonds. The summed E-state index contributed by atoms with van der Waals surface area (Å²) in [7, 11) is 3.69. The lowest BCUT2D eigenvalue weighted by Crippen LogP contribution is -2.45. The molecule has 0 saturated carbocycles.